The molecule has 0 unspecified atom stereocenters. The SMILES string of the molecule is Oc1ccn2ccccc12.c1ccc(-c2ccccc2)cc1. The Balaban J connectivity index is 0.000000133. The van der Waals surface area contributed by atoms with E-state index in [1.807, 2.05) is 47.1 Å². The van der Waals surface area contributed by atoms with Gasteiger partial charge in [-0.3, -0.25) is 0 Å². The Labute approximate surface area is 129 Å². The molecule has 2 heteroatoms. The van der Waals surface area contributed by atoms with Gasteiger partial charge < -0.3 is 9.51 Å². The van der Waals surface area contributed by atoms with Gasteiger partial charge in [-0.2, -0.15) is 0 Å². The van der Waals surface area contributed by atoms with E-state index in [0.717, 1.165) is 5.52 Å². The van der Waals surface area contributed by atoms with Gasteiger partial charge >= 0.3 is 0 Å². The Hall–Kier alpha value is -3.00. The van der Waals surface area contributed by atoms with E-state index in [1.165, 1.54) is 11.1 Å². The van der Waals surface area contributed by atoms with Crippen molar-refractivity contribution in [3.05, 3.63) is 97.3 Å². The number of rotatable bonds is 1. The maximum Gasteiger partial charge on any atom is 0.141 e. The fourth-order valence-corrected chi connectivity index (χ4v) is 2.30. The molecule has 0 radical (unpaired) electrons. The van der Waals surface area contributed by atoms with Gasteiger partial charge in [-0.1, -0.05) is 66.7 Å². The zero-order valence-electron chi connectivity index (χ0n) is 12.1. The standard InChI is InChI=1S/C12H10.C8H7NO/c1-3-7-11(8-4-1)12-9-5-2-6-10-12;10-8-4-6-9-5-2-1-3-7(8)9/h1-10H;1-6,10H. The van der Waals surface area contributed by atoms with Crippen LogP contribution in [0.5, 0.6) is 5.75 Å². The molecule has 4 aromatic rings. The lowest BCUT2D eigenvalue weighted by Crippen LogP contribution is -1.76. The fourth-order valence-electron chi connectivity index (χ4n) is 2.30. The lowest BCUT2D eigenvalue weighted by molar-refractivity contribution is 0.482. The smallest absolute Gasteiger partial charge is 0.141 e. The maximum atomic E-state index is 9.19. The van der Waals surface area contributed by atoms with E-state index in [9.17, 15) is 5.11 Å². The predicted molar refractivity (Wildman–Crippen MR) is 90.9 cm³/mol. The van der Waals surface area contributed by atoms with Gasteiger partial charge in [0.15, 0.2) is 0 Å². The highest BCUT2D eigenvalue weighted by molar-refractivity contribution is 5.62. The number of hydrogen-bond donors (Lipinski definition) is 1. The summed E-state index contributed by atoms with van der Waals surface area (Å²) in [6.07, 6.45) is 3.72. The van der Waals surface area contributed by atoms with Gasteiger partial charge in [-0.15, -0.1) is 0 Å². The highest BCUT2D eigenvalue weighted by Gasteiger charge is 1.95. The highest BCUT2D eigenvalue weighted by Crippen LogP contribution is 2.18. The van der Waals surface area contributed by atoms with Gasteiger partial charge in [-0.25, -0.2) is 0 Å². The van der Waals surface area contributed by atoms with Crippen LogP contribution in [0.1, 0.15) is 0 Å². The van der Waals surface area contributed by atoms with Crippen molar-refractivity contribution in [3.8, 4) is 16.9 Å². The van der Waals surface area contributed by atoms with E-state index >= 15 is 0 Å². The summed E-state index contributed by atoms with van der Waals surface area (Å²) in [4.78, 5) is 0. The lowest BCUT2D eigenvalue weighted by atomic mass is 10.1. The van der Waals surface area contributed by atoms with Crippen LogP contribution in [0.3, 0.4) is 0 Å². The molecule has 0 aliphatic rings. The van der Waals surface area contributed by atoms with Gasteiger partial charge in [-0.05, 0) is 29.3 Å². The molecule has 0 saturated carbocycles. The van der Waals surface area contributed by atoms with Crippen molar-refractivity contribution in [2.75, 3.05) is 0 Å². The summed E-state index contributed by atoms with van der Waals surface area (Å²) in [6.45, 7) is 0. The van der Waals surface area contributed by atoms with Crippen LogP contribution in [-0.2, 0) is 0 Å². The summed E-state index contributed by atoms with van der Waals surface area (Å²) >= 11 is 0. The third-order valence-corrected chi connectivity index (χ3v) is 3.43. The molecule has 0 aliphatic carbocycles. The Morgan fingerprint density at radius 2 is 1.09 bits per heavy atom. The minimum absolute atomic E-state index is 0.334. The first-order valence-electron chi connectivity index (χ1n) is 7.20. The van der Waals surface area contributed by atoms with E-state index in [0.29, 0.717) is 5.75 Å². The summed E-state index contributed by atoms with van der Waals surface area (Å²) in [5, 5.41) is 9.19. The quantitative estimate of drug-likeness (QED) is 0.523. The van der Waals surface area contributed by atoms with Crippen LogP contribution < -0.4 is 0 Å². The molecular weight excluding hydrogens is 270 g/mol. The molecule has 0 saturated heterocycles. The van der Waals surface area contributed by atoms with E-state index in [2.05, 4.69) is 48.5 Å². The van der Waals surface area contributed by atoms with Crippen LogP contribution in [0.25, 0.3) is 16.6 Å². The summed E-state index contributed by atoms with van der Waals surface area (Å²) < 4.78 is 1.87. The van der Waals surface area contributed by atoms with E-state index < -0.39 is 0 Å². The molecule has 2 aromatic carbocycles. The van der Waals surface area contributed by atoms with Crippen LogP contribution in [0.15, 0.2) is 97.3 Å². The van der Waals surface area contributed by atoms with Crippen molar-refractivity contribution >= 4 is 5.52 Å². The molecule has 0 aliphatic heterocycles. The van der Waals surface area contributed by atoms with Gasteiger partial charge in [0.25, 0.3) is 0 Å². The molecule has 2 aromatic heterocycles. The minimum Gasteiger partial charge on any atom is -0.506 e. The molecular formula is C20H17NO. The van der Waals surface area contributed by atoms with Crippen molar-refractivity contribution in [2.24, 2.45) is 0 Å². The third kappa shape index (κ3) is 3.18. The molecule has 2 nitrogen and oxygen atoms in total. The number of nitrogens with zero attached hydrogens (tertiary/aromatic N) is 1. The maximum absolute atomic E-state index is 9.19. The third-order valence-electron chi connectivity index (χ3n) is 3.43. The number of benzene rings is 2. The second kappa shape index (κ2) is 6.64. The Morgan fingerprint density at radius 3 is 1.64 bits per heavy atom. The monoisotopic (exact) mass is 287 g/mol. The van der Waals surface area contributed by atoms with Crippen LogP contribution in [-0.4, -0.2) is 9.51 Å². The number of hydrogen-bond acceptors (Lipinski definition) is 1. The van der Waals surface area contributed by atoms with Crippen LogP contribution in [0.4, 0.5) is 0 Å². The normalized spacial score (nSPS) is 10.0. The molecule has 0 spiro atoms. The van der Waals surface area contributed by atoms with Crippen LogP contribution in [0.2, 0.25) is 0 Å². The summed E-state index contributed by atoms with van der Waals surface area (Å²) in [5.74, 6) is 0.334. The number of aromatic nitrogens is 1. The van der Waals surface area contributed by atoms with Gasteiger partial charge in [0.2, 0.25) is 0 Å². The van der Waals surface area contributed by atoms with Gasteiger partial charge in [0.1, 0.15) is 5.75 Å². The molecule has 2 heterocycles. The molecule has 0 fully saturated rings. The molecule has 22 heavy (non-hydrogen) atoms. The molecule has 0 amide bonds. The summed E-state index contributed by atoms with van der Waals surface area (Å²) in [6, 6.07) is 28.1. The Bertz CT molecular complexity index is 798. The molecule has 0 bridgehead atoms. The Morgan fingerprint density at radius 1 is 0.545 bits per heavy atom. The summed E-state index contributed by atoms with van der Waals surface area (Å²) in [7, 11) is 0. The second-order valence-electron chi connectivity index (χ2n) is 4.93. The van der Waals surface area contributed by atoms with E-state index in [1.54, 1.807) is 6.07 Å². The number of aromatic hydroxyl groups is 1. The second-order valence-corrected chi connectivity index (χ2v) is 4.93. The topological polar surface area (TPSA) is 24.6 Å². The zero-order chi connectivity index (χ0) is 15.2. The first-order chi connectivity index (χ1) is 10.8. The molecule has 0 atom stereocenters. The van der Waals surface area contributed by atoms with Gasteiger partial charge in [0.05, 0.1) is 5.52 Å². The Kier molecular flexibility index (Phi) is 4.21. The van der Waals surface area contributed by atoms with Crippen LogP contribution in [0, 0.1) is 0 Å². The van der Waals surface area contributed by atoms with Gasteiger partial charge in [0, 0.05) is 12.4 Å². The largest absolute Gasteiger partial charge is 0.506 e. The van der Waals surface area contributed by atoms with Crippen molar-refractivity contribution in [1.29, 1.82) is 0 Å². The van der Waals surface area contributed by atoms with E-state index in [4.69, 9.17) is 0 Å². The highest BCUT2D eigenvalue weighted by atomic mass is 16.3. The number of fused-ring (bicyclic) bond motifs is 1. The van der Waals surface area contributed by atoms with Crippen molar-refractivity contribution < 1.29 is 5.11 Å². The van der Waals surface area contributed by atoms with Crippen molar-refractivity contribution in [1.82, 2.24) is 4.40 Å². The minimum atomic E-state index is 0.334. The van der Waals surface area contributed by atoms with Crippen molar-refractivity contribution in [2.45, 2.75) is 0 Å². The predicted octanol–water partition coefficient (Wildman–Crippen LogP) is 5.00. The average Bonchev–Trinajstić information content (AvgIpc) is 2.99. The molecule has 108 valence electrons. The van der Waals surface area contributed by atoms with Crippen molar-refractivity contribution in [3.63, 3.8) is 0 Å². The lowest BCUT2D eigenvalue weighted by Gasteiger charge is -1.98. The average molecular weight is 287 g/mol. The zero-order valence-corrected chi connectivity index (χ0v) is 12.1. The first kappa shape index (κ1) is 14.0. The number of pyridine rings is 1. The summed E-state index contributed by atoms with van der Waals surface area (Å²) in [5.41, 5.74) is 3.40. The van der Waals surface area contributed by atoms with Crippen LogP contribution >= 0.6 is 0 Å². The fraction of sp³-hybridized carbons (Fsp3) is 0. The molecule has 4 rings (SSSR count). The van der Waals surface area contributed by atoms with E-state index in [-0.39, 0.29) is 0 Å². The first-order valence-corrected chi connectivity index (χ1v) is 7.20. The molecule has 1 N–H and O–H groups in total.